The molecule has 25 heavy (non-hydrogen) atoms. The first-order valence-corrected chi connectivity index (χ1v) is 8.14. The third kappa shape index (κ3) is 6.07. The molecule has 0 saturated carbocycles. The highest BCUT2D eigenvalue weighted by atomic mass is 32.2. The lowest BCUT2D eigenvalue weighted by Crippen LogP contribution is -2.21. The number of carbonyl (C=O) groups excluding carboxylic acids is 2. The van der Waals surface area contributed by atoms with Crippen molar-refractivity contribution in [2.24, 2.45) is 0 Å². The van der Waals surface area contributed by atoms with Gasteiger partial charge in [-0.25, -0.2) is 8.78 Å². The third-order valence-electron chi connectivity index (χ3n) is 2.98. The minimum atomic E-state index is -1.08. The Morgan fingerprint density at radius 3 is 2.44 bits per heavy atom. The molecule has 0 aliphatic rings. The average molecular weight is 367 g/mol. The number of methoxy groups -OCH3 is 1. The molecule has 1 N–H and O–H groups in total. The maximum atomic E-state index is 13.0. The van der Waals surface area contributed by atoms with Crippen LogP contribution < -0.4 is 10.1 Å². The first-order valence-electron chi connectivity index (χ1n) is 7.15. The van der Waals surface area contributed by atoms with Crippen molar-refractivity contribution in [1.29, 1.82) is 0 Å². The lowest BCUT2D eigenvalue weighted by atomic mass is 10.3. The van der Waals surface area contributed by atoms with E-state index in [9.17, 15) is 18.4 Å². The van der Waals surface area contributed by atoms with E-state index in [2.05, 4.69) is 5.32 Å². The molecule has 8 heteroatoms. The number of ether oxygens (including phenoxy) is 2. The number of anilines is 1. The second kappa shape index (κ2) is 9.03. The SMILES string of the molecule is COc1ccc(SCC(=O)OCC(=O)Nc2ccc(F)c(F)c2)cc1. The molecule has 0 atom stereocenters. The number of hydrogen-bond donors (Lipinski definition) is 1. The highest BCUT2D eigenvalue weighted by Crippen LogP contribution is 2.21. The van der Waals surface area contributed by atoms with E-state index >= 15 is 0 Å². The predicted molar refractivity (Wildman–Crippen MR) is 89.7 cm³/mol. The molecule has 1 amide bonds. The fourth-order valence-corrected chi connectivity index (χ4v) is 2.47. The number of rotatable bonds is 7. The molecule has 0 bridgehead atoms. The van der Waals surface area contributed by atoms with E-state index in [1.54, 1.807) is 31.4 Å². The van der Waals surface area contributed by atoms with Gasteiger partial charge in [0, 0.05) is 16.6 Å². The van der Waals surface area contributed by atoms with Crippen LogP contribution in [0.4, 0.5) is 14.5 Å². The van der Waals surface area contributed by atoms with E-state index in [1.807, 2.05) is 0 Å². The van der Waals surface area contributed by atoms with Gasteiger partial charge < -0.3 is 14.8 Å². The molecule has 0 spiro atoms. The minimum Gasteiger partial charge on any atom is -0.497 e. The molecule has 5 nitrogen and oxygen atoms in total. The molecule has 0 aliphatic heterocycles. The zero-order chi connectivity index (χ0) is 18.2. The molecule has 0 aromatic heterocycles. The van der Waals surface area contributed by atoms with E-state index in [1.165, 1.54) is 17.8 Å². The number of hydrogen-bond acceptors (Lipinski definition) is 5. The van der Waals surface area contributed by atoms with Crippen LogP contribution in [-0.2, 0) is 14.3 Å². The van der Waals surface area contributed by atoms with E-state index in [-0.39, 0.29) is 11.4 Å². The number of carbonyl (C=O) groups is 2. The van der Waals surface area contributed by atoms with Gasteiger partial charge in [-0.2, -0.15) is 0 Å². The summed E-state index contributed by atoms with van der Waals surface area (Å²) in [6, 6.07) is 10.1. The van der Waals surface area contributed by atoms with Gasteiger partial charge in [0.1, 0.15) is 5.75 Å². The minimum absolute atomic E-state index is 0.0325. The van der Waals surface area contributed by atoms with Crippen LogP contribution >= 0.6 is 11.8 Å². The van der Waals surface area contributed by atoms with E-state index in [4.69, 9.17) is 9.47 Å². The lowest BCUT2D eigenvalue weighted by Gasteiger charge is -2.07. The van der Waals surface area contributed by atoms with Crippen molar-refractivity contribution in [3.63, 3.8) is 0 Å². The van der Waals surface area contributed by atoms with E-state index < -0.39 is 30.1 Å². The second-order valence-electron chi connectivity index (χ2n) is 4.80. The van der Waals surface area contributed by atoms with Crippen molar-refractivity contribution in [3.8, 4) is 5.75 Å². The summed E-state index contributed by atoms with van der Waals surface area (Å²) in [5.74, 6) is -2.56. The summed E-state index contributed by atoms with van der Waals surface area (Å²) in [6.07, 6.45) is 0. The van der Waals surface area contributed by atoms with E-state index in [0.717, 1.165) is 17.0 Å². The van der Waals surface area contributed by atoms with Gasteiger partial charge in [-0.15, -0.1) is 11.8 Å². The average Bonchev–Trinajstić information content (AvgIpc) is 2.61. The van der Waals surface area contributed by atoms with Crippen molar-refractivity contribution in [3.05, 3.63) is 54.1 Å². The smallest absolute Gasteiger partial charge is 0.316 e. The first kappa shape index (κ1) is 18.7. The topological polar surface area (TPSA) is 64.6 Å². The Balaban J connectivity index is 1.73. The van der Waals surface area contributed by atoms with Crippen LogP contribution in [0.15, 0.2) is 47.4 Å². The molecule has 132 valence electrons. The van der Waals surface area contributed by atoms with Gasteiger partial charge in [-0.05, 0) is 36.4 Å². The third-order valence-corrected chi connectivity index (χ3v) is 3.97. The van der Waals surface area contributed by atoms with Crippen LogP contribution in [0.5, 0.6) is 5.75 Å². The van der Waals surface area contributed by atoms with Gasteiger partial charge in [-0.3, -0.25) is 9.59 Å². The maximum absolute atomic E-state index is 13.0. The zero-order valence-electron chi connectivity index (χ0n) is 13.3. The number of esters is 1. The van der Waals surface area contributed by atoms with Crippen molar-refractivity contribution in [2.45, 2.75) is 4.90 Å². The monoisotopic (exact) mass is 367 g/mol. The van der Waals surface area contributed by atoms with Gasteiger partial charge in [0.25, 0.3) is 5.91 Å². The molecule has 2 aromatic carbocycles. The normalized spacial score (nSPS) is 10.2. The van der Waals surface area contributed by atoms with Gasteiger partial charge in [0.15, 0.2) is 18.2 Å². The Hall–Kier alpha value is -2.61. The van der Waals surface area contributed by atoms with Gasteiger partial charge in [0.2, 0.25) is 0 Å². The van der Waals surface area contributed by atoms with Crippen molar-refractivity contribution >= 4 is 29.3 Å². The number of nitrogens with one attached hydrogen (secondary N) is 1. The Morgan fingerprint density at radius 2 is 1.80 bits per heavy atom. The molecule has 2 rings (SSSR count). The van der Waals surface area contributed by atoms with Crippen LogP contribution in [0.2, 0.25) is 0 Å². The van der Waals surface area contributed by atoms with Crippen molar-refractivity contribution in [1.82, 2.24) is 0 Å². The number of halogens is 2. The highest BCUT2D eigenvalue weighted by molar-refractivity contribution is 8.00. The maximum Gasteiger partial charge on any atom is 0.316 e. The standard InChI is InChI=1S/C17H15F2NO4S/c1-23-12-3-5-13(6-4-12)25-10-17(22)24-9-16(21)20-11-2-7-14(18)15(19)8-11/h2-8H,9-10H2,1H3,(H,20,21). The molecule has 0 unspecified atom stereocenters. The summed E-state index contributed by atoms with van der Waals surface area (Å²) in [5, 5.41) is 2.31. The number of amides is 1. The summed E-state index contributed by atoms with van der Waals surface area (Å²) in [4.78, 5) is 24.1. The highest BCUT2D eigenvalue weighted by Gasteiger charge is 2.10. The van der Waals surface area contributed by atoms with Crippen LogP contribution in [0.1, 0.15) is 0 Å². The predicted octanol–water partition coefficient (Wildman–Crippen LogP) is 3.25. The quantitative estimate of drug-likeness (QED) is 0.601. The van der Waals surface area contributed by atoms with Crippen LogP contribution in [0.3, 0.4) is 0 Å². The molecular formula is C17H15F2NO4S. The molecular weight excluding hydrogens is 352 g/mol. The van der Waals surface area contributed by atoms with Gasteiger partial charge in [0.05, 0.1) is 12.9 Å². The van der Waals surface area contributed by atoms with Gasteiger partial charge in [-0.1, -0.05) is 0 Å². The van der Waals surface area contributed by atoms with Crippen LogP contribution in [-0.4, -0.2) is 31.3 Å². The summed E-state index contributed by atoms with van der Waals surface area (Å²) in [7, 11) is 1.56. The number of benzene rings is 2. The fraction of sp³-hybridized carbons (Fsp3) is 0.176. The number of thioether (sulfide) groups is 1. The second-order valence-corrected chi connectivity index (χ2v) is 5.85. The Kier molecular flexibility index (Phi) is 6.76. The van der Waals surface area contributed by atoms with E-state index in [0.29, 0.717) is 5.75 Å². The Labute approximate surface area is 147 Å². The van der Waals surface area contributed by atoms with Gasteiger partial charge >= 0.3 is 5.97 Å². The summed E-state index contributed by atoms with van der Waals surface area (Å²) >= 11 is 1.25. The first-order chi connectivity index (χ1) is 12.0. The van der Waals surface area contributed by atoms with Crippen molar-refractivity contribution in [2.75, 3.05) is 24.8 Å². The van der Waals surface area contributed by atoms with Crippen LogP contribution in [0, 0.1) is 11.6 Å². The van der Waals surface area contributed by atoms with Crippen LogP contribution in [0.25, 0.3) is 0 Å². The van der Waals surface area contributed by atoms with Crippen molar-refractivity contribution < 1.29 is 27.8 Å². The molecule has 0 saturated heterocycles. The summed E-state index contributed by atoms with van der Waals surface area (Å²) < 4.78 is 35.7. The Morgan fingerprint density at radius 1 is 1.08 bits per heavy atom. The summed E-state index contributed by atoms with van der Waals surface area (Å²) in [6.45, 7) is -0.513. The largest absolute Gasteiger partial charge is 0.497 e. The lowest BCUT2D eigenvalue weighted by molar-refractivity contribution is -0.144. The Bertz CT molecular complexity index is 753. The molecule has 0 heterocycles. The molecule has 0 aliphatic carbocycles. The molecule has 2 aromatic rings. The fourth-order valence-electron chi connectivity index (χ4n) is 1.77. The summed E-state index contributed by atoms with van der Waals surface area (Å²) in [5.41, 5.74) is 0.0764. The zero-order valence-corrected chi connectivity index (χ0v) is 14.1. The molecule has 0 fully saturated rings. The molecule has 0 radical (unpaired) electrons.